The molecular formula is C22H29N5O2. The van der Waals surface area contributed by atoms with Crippen LogP contribution in [0, 0.1) is 5.92 Å². The van der Waals surface area contributed by atoms with Crippen LogP contribution >= 0.6 is 0 Å². The van der Waals surface area contributed by atoms with Crippen molar-refractivity contribution in [3.63, 3.8) is 0 Å². The van der Waals surface area contributed by atoms with Gasteiger partial charge in [-0.1, -0.05) is 12.1 Å². The predicted octanol–water partition coefficient (Wildman–Crippen LogP) is 2.87. The number of hydrogen-bond acceptors (Lipinski definition) is 4. The molecule has 3 fully saturated rings. The van der Waals surface area contributed by atoms with Gasteiger partial charge in [-0.05, 0) is 62.4 Å². The molecule has 29 heavy (non-hydrogen) atoms. The lowest BCUT2D eigenvalue weighted by molar-refractivity contribution is 0.0406. The van der Waals surface area contributed by atoms with Gasteiger partial charge in [-0.3, -0.25) is 10.00 Å². The second-order valence-corrected chi connectivity index (χ2v) is 8.54. The molecule has 2 aromatic rings. The molecular weight excluding hydrogens is 366 g/mol. The lowest BCUT2D eigenvalue weighted by atomic mass is 9.86. The van der Waals surface area contributed by atoms with Gasteiger partial charge in [0.15, 0.2) is 0 Å². The van der Waals surface area contributed by atoms with Crippen LogP contribution in [0.5, 0.6) is 0 Å². The summed E-state index contributed by atoms with van der Waals surface area (Å²) in [6.07, 6.45) is 7.84. The van der Waals surface area contributed by atoms with Crippen LogP contribution in [-0.2, 0) is 4.74 Å². The summed E-state index contributed by atoms with van der Waals surface area (Å²) in [5.74, 6) is 0.544. The largest absolute Gasteiger partial charge is 0.381 e. The van der Waals surface area contributed by atoms with E-state index in [0.29, 0.717) is 5.92 Å². The number of carbonyl (C=O) groups is 1. The van der Waals surface area contributed by atoms with Crippen LogP contribution in [0.4, 0.5) is 10.5 Å². The molecule has 4 heterocycles. The van der Waals surface area contributed by atoms with Gasteiger partial charge in [0.05, 0.1) is 18.3 Å². The Morgan fingerprint density at radius 1 is 1.10 bits per heavy atom. The fraction of sp³-hybridized carbons (Fsp3) is 0.545. The lowest BCUT2D eigenvalue weighted by Gasteiger charge is -2.42. The van der Waals surface area contributed by atoms with Gasteiger partial charge in [0.1, 0.15) is 0 Å². The second kappa shape index (κ2) is 7.80. The van der Waals surface area contributed by atoms with Crippen LogP contribution in [0.2, 0.25) is 0 Å². The Balaban J connectivity index is 1.39. The number of nitrogens with zero attached hydrogens (tertiary/aromatic N) is 3. The van der Waals surface area contributed by atoms with Crippen LogP contribution in [0.15, 0.2) is 36.7 Å². The van der Waals surface area contributed by atoms with Crippen LogP contribution in [0.3, 0.4) is 0 Å². The fourth-order valence-corrected chi connectivity index (χ4v) is 5.02. The Hall–Kier alpha value is -2.38. The van der Waals surface area contributed by atoms with Crippen LogP contribution < -0.4 is 10.2 Å². The molecule has 5 rings (SSSR count). The van der Waals surface area contributed by atoms with Crippen molar-refractivity contribution in [2.45, 2.75) is 31.2 Å². The van der Waals surface area contributed by atoms with Gasteiger partial charge in [0, 0.05) is 37.2 Å². The molecule has 0 bridgehead atoms. The molecule has 3 aliphatic rings. The van der Waals surface area contributed by atoms with E-state index < -0.39 is 0 Å². The Kier molecular flexibility index (Phi) is 5.01. The Morgan fingerprint density at radius 3 is 2.55 bits per heavy atom. The number of benzene rings is 1. The molecule has 7 heteroatoms. The summed E-state index contributed by atoms with van der Waals surface area (Å²) in [4.78, 5) is 17.7. The maximum absolute atomic E-state index is 13.6. The monoisotopic (exact) mass is 395 g/mol. The number of hydrogen-bond donors (Lipinski definition) is 2. The molecule has 0 atom stereocenters. The molecule has 0 saturated carbocycles. The summed E-state index contributed by atoms with van der Waals surface area (Å²) in [5.41, 5.74) is 3.09. The Morgan fingerprint density at radius 2 is 1.86 bits per heavy atom. The van der Waals surface area contributed by atoms with E-state index in [2.05, 4.69) is 44.7 Å². The van der Waals surface area contributed by atoms with E-state index in [1.54, 1.807) is 0 Å². The standard InChI is InChI=1S/C22H29N5O2/c28-21-26(20-3-1-18(2-4-20)19-13-24-25-14-19)16-22(7-9-23-10-8-22)27(21)15-17-5-11-29-12-6-17/h1-4,13-14,17,23H,5-12,15-16H2,(H,24,25). The number of carbonyl (C=O) groups excluding carboxylic acids is 1. The number of ether oxygens (including phenoxy) is 1. The highest BCUT2D eigenvalue weighted by atomic mass is 16.5. The summed E-state index contributed by atoms with van der Waals surface area (Å²) in [7, 11) is 0. The first-order valence-electron chi connectivity index (χ1n) is 10.7. The molecule has 3 aliphatic heterocycles. The summed E-state index contributed by atoms with van der Waals surface area (Å²) in [6.45, 7) is 5.23. The average molecular weight is 396 g/mol. The number of anilines is 1. The number of H-pyrrole nitrogens is 1. The second-order valence-electron chi connectivity index (χ2n) is 8.54. The van der Waals surface area contributed by atoms with Crippen molar-refractivity contribution in [3.05, 3.63) is 36.7 Å². The van der Waals surface area contributed by atoms with Crippen molar-refractivity contribution in [2.75, 3.05) is 44.3 Å². The zero-order chi connectivity index (χ0) is 19.7. The molecule has 0 radical (unpaired) electrons. The van der Waals surface area contributed by atoms with Crippen molar-refractivity contribution < 1.29 is 9.53 Å². The van der Waals surface area contributed by atoms with E-state index in [-0.39, 0.29) is 11.6 Å². The van der Waals surface area contributed by atoms with E-state index in [1.165, 1.54) is 0 Å². The van der Waals surface area contributed by atoms with Gasteiger partial charge in [0.25, 0.3) is 0 Å². The fourth-order valence-electron chi connectivity index (χ4n) is 5.02. The third kappa shape index (κ3) is 3.53. The molecule has 1 aromatic heterocycles. The Labute approximate surface area is 171 Å². The van der Waals surface area contributed by atoms with E-state index in [4.69, 9.17) is 4.74 Å². The van der Waals surface area contributed by atoms with E-state index in [1.807, 2.05) is 17.3 Å². The number of piperidine rings is 1. The van der Waals surface area contributed by atoms with Crippen molar-refractivity contribution in [3.8, 4) is 11.1 Å². The summed E-state index contributed by atoms with van der Waals surface area (Å²) in [5, 5.41) is 10.3. The molecule has 2 N–H and O–H groups in total. The number of urea groups is 1. The first-order chi connectivity index (χ1) is 14.3. The normalized spacial score (nSPS) is 22.6. The smallest absolute Gasteiger partial charge is 0.325 e. The third-order valence-corrected chi connectivity index (χ3v) is 6.81. The van der Waals surface area contributed by atoms with E-state index >= 15 is 0 Å². The molecule has 154 valence electrons. The number of amides is 2. The van der Waals surface area contributed by atoms with Crippen LogP contribution in [-0.4, -0.2) is 66.1 Å². The van der Waals surface area contributed by atoms with E-state index in [0.717, 1.165) is 81.9 Å². The molecule has 7 nitrogen and oxygen atoms in total. The van der Waals surface area contributed by atoms with Gasteiger partial charge in [-0.2, -0.15) is 5.10 Å². The highest BCUT2D eigenvalue weighted by molar-refractivity contribution is 5.95. The number of rotatable bonds is 4. The highest BCUT2D eigenvalue weighted by Crippen LogP contribution is 2.38. The van der Waals surface area contributed by atoms with Gasteiger partial charge in [0.2, 0.25) is 0 Å². The summed E-state index contributed by atoms with van der Waals surface area (Å²) < 4.78 is 5.53. The molecule has 0 aliphatic carbocycles. The zero-order valence-corrected chi connectivity index (χ0v) is 16.8. The van der Waals surface area contributed by atoms with E-state index in [9.17, 15) is 4.79 Å². The average Bonchev–Trinajstić information content (AvgIpc) is 3.39. The van der Waals surface area contributed by atoms with Crippen LogP contribution in [0.1, 0.15) is 25.7 Å². The molecule has 1 aromatic carbocycles. The SMILES string of the molecule is O=C1N(c2ccc(-c3cn[nH]c3)cc2)CC2(CCNCC2)N1CC1CCOCC1. The van der Waals surface area contributed by atoms with Gasteiger partial charge < -0.3 is 15.0 Å². The molecule has 0 unspecified atom stereocenters. The minimum Gasteiger partial charge on any atom is -0.381 e. The van der Waals surface area contributed by atoms with Crippen molar-refractivity contribution >= 4 is 11.7 Å². The first kappa shape index (κ1) is 18.6. The lowest BCUT2D eigenvalue weighted by Crippen LogP contribution is -2.55. The van der Waals surface area contributed by atoms with Gasteiger partial charge in [-0.15, -0.1) is 0 Å². The van der Waals surface area contributed by atoms with Crippen molar-refractivity contribution in [2.24, 2.45) is 5.92 Å². The summed E-state index contributed by atoms with van der Waals surface area (Å²) >= 11 is 0. The summed E-state index contributed by atoms with van der Waals surface area (Å²) in [6, 6.07) is 8.43. The first-order valence-corrected chi connectivity index (χ1v) is 10.7. The number of aromatic amines is 1. The molecule has 2 amide bonds. The number of aromatic nitrogens is 2. The zero-order valence-electron chi connectivity index (χ0n) is 16.8. The van der Waals surface area contributed by atoms with Crippen molar-refractivity contribution in [1.82, 2.24) is 20.4 Å². The Bertz CT molecular complexity index is 823. The van der Waals surface area contributed by atoms with Crippen molar-refractivity contribution in [1.29, 1.82) is 0 Å². The number of nitrogens with one attached hydrogen (secondary N) is 2. The maximum atomic E-state index is 13.6. The highest BCUT2D eigenvalue weighted by Gasteiger charge is 2.50. The third-order valence-electron chi connectivity index (χ3n) is 6.81. The quantitative estimate of drug-likeness (QED) is 0.835. The molecule has 3 saturated heterocycles. The minimum absolute atomic E-state index is 0.0517. The minimum atomic E-state index is -0.0517. The predicted molar refractivity (Wildman–Crippen MR) is 112 cm³/mol. The van der Waals surface area contributed by atoms with Gasteiger partial charge >= 0.3 is 6.03 Å². The van der Waals surface area contributed by atoms with Gasteiger partial charge in [-0.25, -0.2) is 4.79 Å². The molecule has 1 spiro atoms. The topological polar surface area (TPSA) is 73.5 Å². The van der Waals surface area contributed by atoms with Crippen LogP contribution in [0.25, 0.3) is 11.1 Å². The maximum Gasteiger partial charge on any atom is 0.325 e.